The number of H-pyrrole nitrogens is 1. The summed E-state index contributed by atoms with van der Waals surface area (Å²) in [6.45, 7) is 2.57. The Bertz CT molecular complexity index is 650. The number of rotatable bonds is 2. The summed E-state index contributed by atoms with van der Waals surface area (Å²) in [4.78, 5) is 15.6. The number of halogens is 2. The van der Waals surface area contributed by atoms with Crippen molar-refractivity contribution in [2.24, 2.45) is 5.92 Å². The van der Waals surface area contributed by atoms with E-state index in [0.717, 1.165) is 17.3 Å². The fourth-order valence-corrected chi connectivity index (χ4v) is 3.25. The van der Waals surface area contributed by atoms with Crippen LogP contribution < -0.4 is 0 Å². The maximum atomic E-state index is 12.6. The van der Waals surface area contributed by atoms with Gasteiger partial charge in [-0.25, -0.2) is 0 Å². The van der Waals surface area contributed by atoms with Crippen molar-refractivity contribution in [3.8, 4) is 0 Å². The summed E-state index contributed by atoms with van der Waals surface area (Å²) in [7, 11) is 0. The Balaban J connectivity index is 2.08. The van der Waals surface area contributed by atoms with E-state index < -0.39 is 0 Å². The van der Waals surface area contributed by atoms with Crippen LogP contribution in [0.2, 0.25) is 10.0 Å². The smallest absolute Gasteiger partial charge is 0.170 e. The Labute approximate surface area is 120 Å². The third-order valence-corrected chi connectivity index (χ3v) is 4.19. The summed E-state index contributed by atoms with van der Waals surface area (Å²) >= 11 is 12.2. The lowest BCUT2D eigenvalue weighted by Crippen LogP contribution is -2.21. The number of ether oxygens (including phenoxy) is 1. The Hall–Kier alpha value is -1.03. The van der Waals surface area contributed by atoms with Crippen molar-refractivity contribution in [3.05, 3.63) is 33.9 Å². The van der Waals surface area contributed by atoms with Crippen molar-refractivity contribution in [3.63, 3.8) is 0 Å². The van der Waals surface area contributed by atoms with Gasteiger partial charge in [0, 0.05) is 34.3 Å². The Kier molecular flexibility index (Phi) is 3.29. The van der Waals surface area contributed by atoms with E-state index in [2.05, 4.69) is 4.98 Å². The highest BCUT2D eigenvalue weighted by Crippen LogP contribution is 2.33. The molecule has 1 saturated heterocycles. The summed E-state index contributed by atoms with van der Waals surface area (Å²) in [6.07, 6.45) is 2.43. The molecule has 0 bridgehead atoms. The summed E-state index contributed by atoms with van der Waals surface area (Å²) in [5, 5.41) is 1.80. The van der Waals surface area contributed by atoms with Crippen molar-refractivity contribution in [2.45, 2.75) is 19.4 Å². The molecule has 1 aromatic heterocycles. The van der Waals surface area contributed by atoms with E-state index in [4.69, 9.17) is 27.9 Å². The third-order valence-electron chi connectivity index (χ3n) is 3.67. The molecule has 0 amide bonds. The van der Waals surface area contributed by atoms with Gasteiger partial charge in [-0.3, -0.25) is 4.79 Å². The first-order valence-corrected chi connectivity index (χ1v) is 6.95. The Morgan fingerprint density at radius 2 is 2.21 bits per heavy atom. The average Bonchev–Trinajstić information content (AvgIpc) is 2.94. The van der Waals surface area contributed by atoms with E-state index in [9.17, 15) is 4.79 Å². The fourth-order valence-electron chi connectivity index (χ4n) is 2.65. The molecule has 0 spiro atoms. The molecule has 0 radical (unpaired) electrons. The van der Waals surface area contributed by atoms with Gasteiger partial charge in [0.2, 0.25) is 0 Å². The zero-order valence-corrected chi connectivity index (χ0v) is 11.9. The van der Waals surface area contributed by atoms with Crippen molar-refractivity contribution in [1.29, 1.82) is 0 Å². The molecule has 5 heteroatoms. The lowest BCUT2D eigenvalue weighted by Gasteiger charge is -2.12. The number of aromatic amines is 1. The highest BCUT2D eigenvalue weighted by molar-refractivity contribution is 6.39. The van der Waals surface area contributed by atoms with E-state index in [0.29, 0.717) is 22.2 Å². The molecule has 1 aliphatic heterocycles. The summed E-state index contributed by atoms with van der Waals surface area (Å²) in [6, 6.07) is 3.43. The molecule has 2 atom stereocenters. The van der Waals surface area contributed by atoms with Gasteiger partial charge in [0.15, 0.2) is 5.78 Å². The molecule has 2 unspecified atom stereocenters. The van der Waals surface area contributed by atoms with Crippen LogP contribution >= 0.6 is 23.2 Å². The third kappa shape index (κ3) is 2.16. The van der Waals surface area contributed by atoms with Gasteiger partial charge < -0.3 is 9.72 Å². The minimum absolute atomic E-state index is 0.0384. The van der Waals surface area contributed by atoms with Crippen LogP contribution in [0, 0.1) is 5.92 Å². The van der Waals surface area contributed by atoms with Gasteiger partial charge in [-0.05, 0) is 25.5 Å². The minimum Gasteiger partial charge on any atom is -0.378 e. The summed E-state index contributed by atoms with van der Waals surface area (Å²) in [5.74, 6) is -0.00813. The molecule has 100 valence electrons. The number of Topliss-reactive ketones (excluding diaryl/α,β-unsaturated/α-hetero) is 1. The van der Waals surface area contributed by atoms with Crippen LogP contribution in [-0.2, 0) is 4.74 Å². The number of aromatic nitrogens is 1. The lowest BCUT2D eigenvalue weighted by atomic mass is 9.92. The molecule has 1 N–H and O–H groups in total. The van der Waals surface area contributed by atoms with E-state index in [1.807, 2.05) is 6.92 Å². The van der Waals surface area contributed by atoms with Crippen LogP contribution in [0.4, 0.5) is 0 Å². The van der Waals surface area contributed by atoms with Crippen LogP contribution in [0.5, 0.6) is 0 Å². The second-order valence-electron chi connectivity index (χ2n) is 4.85. The number of hydrogen-bond acceptors (Lipinski definition) is 2. The van der Waals surface area contributed by atoms with Gasteiger partial charge in [0.1, 0.15) is 0 Å². The predicted octanol–water partition coefficient (Wildman–Crippen LogP) is 4.08. The first kappa shape index (κ1) is 13.0. The molecule has 1 aliphatic rings. The normalized spacial score (nSPS) is 23.1. The zero-order valence-electron chi connectivity index (χ0n) is 10.4. The monoisotopic (exact) mass is 297 g/mol. The maximum absolute atomic E-state index is 12.6. The molecule has 0 aliphatic carbocycles. The van der Waals surface area contributed by atoms with Gasteiger partial charge in [-0.2, -0.15) is 0 Å². The number of hydrogen-bond donors (Lipinski definition) is 1. The molecular weight excluding hydrogens is 285 g/mol. The topological polar surface area (TPSA) is 42.1 Å². The van der Waals surface area contributed by atoms with Crippen LogP contribution in [-0.4, -0.2) is 23.5 Å². The minimum atomic E-state index is -0.0919. The van der Waals surface area contributed by atoms with Crippen LogP contribution in [0.15, 0.2) is 18.3 Å². The predicted molar refractivity (Wildman–Crippen MR) is 76.2 cm³/mol. The molecule has 2 aromatic rings. The van der Waals surface area contributed by atoms with Gasteiger partial charge in [0.25, 0.3) is 0 Å². The van der Waals surface area contributed by atoms with Crippen molar-refractivity contribution in [1.82, 2.24) is 4.98 Å². The standard InChI is InChI=1S/C14H13Cl2NO2/c1-7-9(2-3-19-7)14(18)10-6-17-12-5-8(15)4-11(16)13(10)12/h4-7,9,17H,2-3H2,1H3. The highest BCUT2D eigenvalue weighted by atomic mass is 35.5. The molecule has 2 heterocycles. The van der Waals surface area contributed by atoms with Gasteiger partial charge >= 0.3 is 0 Å². The number of nitrogens with one attached hydrogen (secondary N) is 1. The number of carbonyl (C=O) groups is 1. The van der Waals surface area contributed by atoms with E-state index in [-0.39, 0.29) is 17.8 Å². The lowest BCUT2D eigenvalue weighted by molar-refractivity contribution is 0.0766. The Morgan fingerprint density at radius 3 is 2.89 bits per heavy atom. The van der Waals surface area contributed by atoms with Crippen LogP contribution in [0.3, 0.4) is 0 Å². The summed E-state index contributed by atoms with van der Waals surface area (Å²) < 4.78 is 5.46. The highest BCUT2D eigenvalue weighted by Gasteiger charge is 2.32. The first-order chi connectivity index (χ1) is 9.08. The van der Waals surface area contributed by atoms with Crippen molar-refractivity contribution in [2.75, 3.05) is 6.61 Å². The molecule has 1 fully saturated rings. The SMILES string of the molecule is CC1OCCC1C(=O)c1c[nH]c2cc(Cl)cc(Cl)c12. The van der Waals surface area contributed by atoms with Gasteiger partial charge in [-0.1, -0.05) is 23.2 Å². The Morgan fingerprint density at radius 1 is 1.42 bits per heavy atom. The second kappa shape index (κ2) is 4.82. The molecule has 0 saturated carbocycles. The van der Waals surface area contributed by atoms with Gasteiger partial charge in [0.05, 0.1) is 17.0 Å². The van der Waals surface area contributed by atoms with E-state index >= 15 is 0 Å². The zero-order chi connectivity index (χ0) is 13.6. The fraction of sp³-hybridized carbons (Fsp3) is 0.357. The quantitative estimate of drug-likeness (QED) is 0.849. The maximum Gasteiger partial charge on any atom is 0.170 e. The van der Waals surface area contributed by atoms with Crippen molar-refractivity contribution >= 4 is 39.9 Å². The molecule has 3 nitrogen and oxygen atoms in total. The van der Waals surface area contributed by atoms with Crippen LogP contribution in [0.25, 0.3) is 10.9 Å². The van der Waals surface area contributed by atoms with E-state index in [1.165, 1.54) is 0 Å². The molecular formula is C14H13Cl2NO2. The number of ketones is 1. The molecule has 3 rings (SSSR count). The number of carbonyl (C=O) groups excluding carboxylic acids is 1. The number of benzene rings is 1. The molecule has 1 aromatic carbocycles. The van der Waals surface area contributed by atoms with Crippen molar-refractivity contribution < 1.29 is 9.53 Å². The first-order valence-electron chi connectivity index (χ1n) is 6.20. The van der Waals surface area contributed by atoms with Crippen LogP contribution in [0.1, 0.15) is 23.7 Å². The molecule has 19 heavy (non-hydrogen) atoms. The summed E-state index contributed by atoms with van der Waals surface area (Å²) in [5.41, 5.74) is 1.41. The number of fused-ring (bicyclic) bond motifs is 1. The second-order valence-corrected chi connectivity index (χ2v) is 5.69. The largest absolute Gasteiger partial charge is 0.378 e. The van der Waals surface area contributed by atoms with E-state index in [1.54, 1.807) is 18.3 Å². The van der Waals surface area contributed by atoms with Gasteiger partial charge in [-0.15, -0.1) is 0 Å². The average molecular weight is 298 g/mol.